The predicted octanol–water partition coefficient (Wildman–Crippen LogP) is 4.66. The quantitative estimate of drug-likeness (QED) is 0.701. The van der Waals surface area contributed by atoms with E-state index in [9.17, 15) is 4.39 Å². The van der Waals surface area contributed by atoms with Crippen molar-refractivity contribution < 1.29 is 4.39 Å². The normalized spacial score (nSPS) is 11.8. The van der Waals surface area contributed by atoms with E-state index in [0.29, 0.717) is 16.8 Å². The first kappa shape index (κ1) is 14.1. The molecule has 0 fully saturated rings. The molecule has 0 N–H and O–H groups in total. The van der Waals surface area contributed by atoms with Crippen LogP contribution in [0.25, 0.3) is 0 Å². The third-order valence-corrected chi connectivity index (χ3v) is 3.21. The molecule has 0 amide bonds. The molecular weight excluding hydrogens is 365 g/mol. The summed E-state index contributed by atoms with van der Waals surface area (Å²) in [5.74, 6) is -0.0252. The van der Waals surface area contributed by atoms with E-state index in [1.54, 1.807) is 16.8 Å². The van der Waals surface area contributed by atoms with E-state index >= 15 is 0 Å². The first-order chi connectivity index (χ1) is 8.36. The summed E-state index contributed by atoms with van der Waals surface area (Å²) in [4.78, 5) is 3.99. The fraction of sp³-hybridized carbons (Fsp3) is 0.182. The second-order valence-corrected chi connectivity index (χ2v) is 6.85. The van der Waals surface area contributed by atoms with Gasteiger partial charge >= 0.3 is 0 Å². The summed E-state index contributed by atoms with van der Waals surface area (Å²) in [6, 6.07) is 4.60. The van der Waals surface area contributed by atoms with Gasteiger partial charge in [0.2, 0.25) is 3.79 Å². The molecule has 0 bridgehead atoms. The molecule has 0 spiro atoms. The maximum absolute atomic E-state index is 13.3. The standard InChI is InChI=1S/C11H7BrCl3FN2/c12-8-3-7(4-9(16)5-8)6-18-2-1-17-10(18)11(13,14)15/h1-5H,6H2. The van der Waals surface area contributed by atoms with Gasteiger partial charge in [-0.25, -0.2) is 9.37 Å². The molecule has 0 saturated carbocycles. The summed E-state index contributed by atoms with van der Waals surface area (Å²) in [6.07, 6.45) is 3.21. The van der Waals surface area contributed by atoms with E-state index < -0.39 is 3.79 Å². The number of rotatable bonds is 2. The lowest BCUT2D eigenvalue weighted by molar-refractivity contribution is 0.621. The lowest BCUT2D eigenvalue weighted by Crippen LogP contribution is -2.12. The fourth-order valence-corrected chi connectivity index (χ4v) is 2.58. The molecule has 2 aromatic rings. The minimum absolute atomic E-state index is 0.299. The van der Waals surface area contributed by atoms with Crippen LogP contribution >= 0.6 is 50.7 Å². The Hall–Kier alpha value is -0.290. The van der Waals surface area contributed by atoms with Gasteiger partial charge in [0.05, 0.1) is 0 Å². The average Bonchev–Trinajstić information content (AvgIpc) is 2.63. The van der Waals surface area contributed by atoms with Gasteiger partial charge in [0.1, 0.15) is 5.82 Å². The molecule has 1 aromatic carbocycles. The Bertz CT molecular complexity index is 545. The molecule has 1 aromatic heterocycles. The summed E-state index contributed by atoms with van der Waals surface area (Å²) in [7, 11) is 0. The van der Waals surface area contributed by atoms with Crippen molar-refractivity contribution in [3.8, 4) is 0 Å². The van der Waals surface area contributed by atoms with Gasteiger partial charge in [-0.3, -0.25) is 0 Å². The van der Waals surface area contributed by atoms with Crippen LogP contribution in [-0.4, -0.2) is 9.55 Å². The molecule has 1 heterocycles. The Morgan fingerprint density at radius 1 is 1.28 bits per heavy atom. The predicted molar refractivity (Wildman–Crippen MR) is 74.7 cm³/mol. The molecule has 0 saturated heterocycles. The van der Waals surface area contributed by atoms with Gasteiger partial charge in [-0.2, -0.15) is 0 Å². The van der Waals surface area contributed by atoms with Gasteiger partial charge in [-0.15, -0.1) is 0 Å². The van der Waals surface area contributed by atoms with E-state index in [0.717, 1.165) is 5.56 Å². The first-order valence-corrected chi connectivity index (χ1v) is 6.82. The molecule has 0 radical (unpaired) electrons. The third kappa shape index (κ3) is 3.38. The number of aromatic nitrogens is 2. The maximum atomic E-state index is 13.3. The zero-order valence-corrected chi connectivity index (χ0v) is 12.7. The largest absolute Gasteiger partial charge is 0.327 e. The number of hydrogen-bond acceptors (Lipinski definition) is 1. The van der Waals surface area contributed by atoms with Crippen molar-refractivity contribution in [3.63, 3.8) is 0 Å². The summed E-state index contributed by atoms with van der Waals surface area (Å²) < 4.78 is 14.0. The molecule has 0 unspecified atom stereocenters. The molecule has 2 rings (SSSR count). The van der Waals surface area contributed by atoms with E-state index in [-0.39, 0.29) is 5.82 Å². The molecule has 0 aliphatic heterocycles. The molecule has 7 heteroatoms. The number of hydrogen-bond donors (Lipinski definition) is 0. The van der Waals surface area contributed by atoms with Crippen molar-refractivity contribution in [1.82, 2.24) is 9.55 Å². The second-order valence-electron chi connectivity index (χ2n) is 3.65. The van der Waals surface area contributed by atoms with Crippen LogP contribution in [0.2, 0.25) is 0 Å². The number of imidazole rings is 1. The lowest BCUT2D eigenvalue weighted by atomic mass is 10.2. The fourth-order valence-electron chi connectivity index (χ4n) is 1.59. The van der Waals surface area contributed by atoms with Gasteiger partial charge < -0.3 is 4.57 Å². The first-order valence-electron chi connectivity index (χ1n) is 4.89. The van der Waals surface area contributed by atoms with Crippen LogP contribution in [0.1, 0.15) is 11.4 Å². The van der Waals surface area contributed by atoms with Crippen LogP contribution < -0.4 is 0 Å². The van der Waals surface area contributed by atoms with Crippen LogP contribution in [0, 0.1) is 5.82 Å². The van der Waals surface area contributed by atoms with Gasteiger partial charge in [0.15, 0.2) is 5.82 Å². The highest BCUT2D eigenvalue weighted by atomic mass is 79.9. The summed E-state index contributed by atoms with van der Waals surface area (Å²) >= 11 is 20.6. The highest BCUT2D eigenvalue weighted by Crippen LogP contribution is 2.37. The number of benzene rings is 1. The Kier molecular flexibility index (Phi) is 4.22. The third-order valence-electron chi connectivity index (χ3n) is 2.24. The summed E-state index contributed by atoms with van der Waals surface area (Å²) in [5.41, 5.74) is 0.746. The van der Waals surface area contributed by atoms with Crippen molar-refractivity contribution in [3.05, 3.63) is 52.3 Å². The Morgan fingerprint density at radius 2 is 2.00 bits per heavy atom. The van der Waals surface area contributed by atoms with Crippen LogP contribution in [0.3, 0.4) is 0 Å². The van der Waals surface area contributed by atoms with E-state index in [1.807, 2.05) is 0 Å². The minimum atomic E-state index is -1.60. The van der Waals surface area contributed by atoms with Crippen LogP contribution in [0.4, 0.5) is 4.39 Å². The Labute approximate surface area is 127 Å². The zero-order chi connectivity index (χ0) is 13.3. The van der Waals surface area contributed by atoms with Crippen molar-refractivity contribution in [1.29, 1.82) is 0 Å². The van der Waals surface area contributed by atoms with Crippen LogP contribution in [-0.2, 0) is 10.3 Å². The van der Waals surface area contributed by atoms with E-state index in [1.165, 1.54) is 18.3 Å². The van der Waals surface area contributed by atoms with Crippen molar-refractivity contribution in [2.45, 2.75) is 10.3 Å². The van der Waals surface area contributed by atoms with Crippen LogP contribution in [0.5, 0.6) is 0 Å². The molecule has 18 heavy (non-hydrogen) atoms. The smallest absolute Gasteiger partial charge is 0.248 e. The van der Waals surface area contributed by atoms with Gasteiger partial charge in [-0.1, -0.05) is 50.7 Å². The number of halogens is 5. The van der Waals surface area contributed by atoms with Crippen molar-refractivity contribution >= 4 is 50.7 Å². The van der Waals surface area contributed by atoms with Crippen LogP contribution in [0.15, 0.2) is 35.1 Å². The van der Waals surface area contributed by atoms with Gasteiger partial charge in [0, 0.05) is 23.4 Å². The molecule has 0 atom stereocenters. The van der Waals surface area contributed by atoms with Crippen molar-refractivity contribution in [2.75, 3.05) is 0 Å². The zero-order valence-electron chi connectivity index (χ0n) is 8.88. The average molecular weight is 372 g/mol. The lowest BCUT2D eigenvalue weighted by Gasteiger charge is -2.13. The Balaban J connectivity index is 2.32. The van der Waals surface area contributed by atoms with Gasteiger partial charge in [-0.05, 0) is 23.8 Å². The van der Waals surface area contributed by atoms with E-state index in [2.05, 4.69) is 20.9 Å². The highest BCUT2D eigenvalue weighted by Gasteiger charge is 2.28. The van der Waals surface area contributed by atoms with E-state index in [4.69, 9.17) is 34.8 Å². The van der Waals surface area contributed by atoms with Gasteiger partial charge in [0.25, 0.3) is 0 Å². The summed E-state index contributed by atoms with van der Waals surface area (Å²) in [6.45, 7) is 0.375. The van der Waals surface area contributed by atoms with Crippen molar-refractivity contribution in [2.24, 2.45) is 0 Å². The molecule has 0 aliphatic rings. The molecule has 96 valence electrons. The maximum Gasteiger partial charge on any atom is 0.248 e. The summed E-state index contributed by atoms with van der Waals surface area (Å²) in [5, 5.41) is 0. The number of alkyl halides is 3. The molecule has 2 nitrogen and oxygen atoms in total. The minimum Gasteiger partial charge on any atom is -0.327 e. The second kappa shape index (κ2) is 5.37. The highest BCUT2D eigenvalue weighted by molar-refractivity contribution is 9.10. The Morgan fingerprint density at radius 3 is 2.61 bits per heavy atom. The monoisotopic (exact) mass is 370 g/mol. The number of nitrogens with zero attached hydrogens (tertiary/aromatic N) is 2. The molecular formula is C11H7BrCl3FN2. The SMILES string of the molecule is Fc1cc(Br)cc(Cn2ccnc2C(Cl)(Cl)Cl)c1. The topological polar surface area (TPSA) is 17.8 Å². The molecule has 0 aliphatic carbocycles.